The van der Waals surface area contributed by atoms with Gasteiger partial charge in [0.2, 0.25) is 0 Å². The molecule has 4 heteroatoms. The third-order valence-corrected chi connectivity index (χ3v) is 2.45. The van der Waals surface area contributed by atoms with E-state index in [0.29, 0.717) is 12.2 Å². The molecule has 0 atom stereocenters. The summed E-state index contributed by atoms with van der Waals surface area (Å²) in [6, 6.07) is 7.40. The Balaban J connectivity index is 2.22. The van der Waals surface area contributed by atoms with Gasteiger partial charge in [0.15, 0.2) is 0 Å². The highest BCUT2D eigenvalue weighted by molar-refractivity contribution is 5.55. The van der Waals surface area contributed by atoms with E-state index in [9.17, 15) is 4.39 Å². The molecule has 0 spiro atoms. The van der Waals surface area contributed by atoms with Crippen molar-refractivity contribution in [2.24, 2.45) is 0 Å². The lowest BCUT2D eigenvalue weighted by Gasteiger charge is -2.08. The summed E-state index contributed by atoms with van der Waals surface area (Å²) in [6.07, 6.45) is 5.27. The van der Waals surface area contributed by atoms with Crippen molar-refractivity contribution in [1.82, 2.24) is 9.97 Å². The predicted molar refractivity (Wildman–Crippen MR) is 68.3 cm³/mol. The van der Waals surface area contributed by atoms with Gasteiger partial charge in [-0.25, -0.2) is 9.97 Å². The third kappa shape index (κ3) is 2.91. The Bertz CT molecular complexity index is 529. The molecule has 0 unspecified atom stereocenters. The molecule has 0 N–H and O–H groups in total. The highest BCUT2D eigenvalue weighted by Crippen LogP contribution is 2.22. The lowest BCUT2D eigenvalue weighted by atomic mass is 10.0. The van der Waals surface area contributed by atoms with Gasteiger partial charge in [0.05, 0.1) is 6.67 Å². The van der Waals surface area contributed by atoms with Gasteiger partial charge in [-0.1, -0.05) is 18.7 Å². The van der Waals surface area contributed by atoms with Crippen LogP contribution in [-0.4, -0.2) is 16.6 Å². The molecule has 92 valence electrons. The molecule has 2 rings (SSSR count). The molecule has 0 fully saturated rings. The van der Waals surface area contributed by atoms with Crippen LogP contribution in [0.25, 0.3) is 6.08 Å². The maximum atomic E-state index is 12.4. The molecule has 0 amide bonds. The van der Waals surface area contributed by atoms with Crippen molar-refractivity contribution in [3.8, 4) is 11.8 Å². The van der Waals surface area contributed by atoms with Crippen LogP contribution in [0.2, 0.25) is 0 Å². The molecule has 0 radical (unpaired) electrons. The van der Waals surface area contributed by atoms with Gasteiger partial charge < -0.3 is 4.74 Å². The molecule has 0 bridgehead atoms. The molecular weight excluding hydrogens is 231 g/mol. The van der Waals surface area contributed by atoms with E-state index in [2.05, 4.69) is 16.5 Å². The second kappa shape index (κ2) is 5.91. The van der Waals surface area contributed by atoms with Gasteiger partial charge in [0, 0.05) is 18.8 Å². The van der Waals surface area contributed by atoms with Gasteiger partial charge in [0.1, 0.15) is 5.75 Å². The highest BCUT2D eigenvalue weighted by Gasteiger charge is 2.04. The number of alkyl halides is 1. The van der Waals surface area contributed by atoms with Gasteiger partial charge >= 0.3 is 6.01 Å². The Kier molecular flexibility index (Phi) is 4.02. The minimum Gasteiger partial charge on any atom is -0.424 e. The van der Waals surface area contributed by atoms with Gasteiger partial charge in [0.25, 0.3) is 0 Å². The second-order valence-corrected chi connectivity index (χ2v) is 3.64. The van der Waals surface area contributed by atoms with Gasteiger partial charge in [-0.3, -0.25) is 4.39 Å². The summed E-state index contributed by atoms with van der Waals surface area (Å²) in [5, 5.41) is 0. The molecule has 0 aliphatic rings. The number of nitrogens with zero attached hydrogens (tertiary/aromatic N) is 2. The average Bonchev–Trinajstić information content (AvgIpc) is 2.42. The zero-order valence-corrected chi connectivity index (χ0v) is 9.84. The number of aryl methyl sites for hydroxylation is 1. The molecule has 0 aliphatic heterocycles. The number of halogens is 1. The predicted octanol–water partition coefficient (Wildman–Crippen LogP) is 3.42. The summed E-state index contributed by atoms with van der Waals surface area (Å²) in [4.78, 5) is 7.94. The largest absolute Gasteiger partial charge is 0.424 e. The number of aromatic nitrogens is 2. The molecule has 1 heterocycles. The van der Waals surface area contributed by atoms with Crippen molar-refractivity contribution < 1.29 is 9.13 Å². The van der Waals surface area contributed by atoms with Crippen LogP contribution in [-0.2, 0) is 6.42 Å². The highest BCUT2D eigenvalue weighted by atomic mass is 19.1. The van der Waals surface area contributed by atoms with E-state index >= 15 is 0 Å². The van der Waals surface area contributed by atoms with Crippen molar-refractivity contribution in [3.05, 3.63) is 54.4 Å². The van der Waals surface area contributed by atoms with Crippen LogP contribution in [0.4, 0.5) is 4.39 Å². The molecule has 2 aromatic rings. The van der Waals surface area contributed by atoms with Crippen LogP contribution in [0.5, 0.6) is 11.8 Å². The summed E-state index contributed by atoms with van der Waals surface area (Å²) < 4.78 is 17.8. The minimum absolute atomic E-state index is 0.283. The fourth-order valence-corrected chi connectivity index (χ4v) is 1.60. The van der Waals surface area contributed by atoms with Gasteiger partial charge in [-0.15, -0.1) is 0 Å². The lowest BCUT2D eigenvalue weighted by molar-refractivity contribution is 0.441. The van der Waals surface area contributed by atoms with E-state index in [4.69, 9.17) is 4.74 Å². The summed E-state index contributed by atoms with van der Waals surface area (Å²) in [5.74, 6) is 0.610. The first-order valence-electron chi connectivity index (χ1n) is 5.59. The zero-order chi connectivity index (χ0) is 12.8. The maximum Gasteiger partial charge on any atom is 0.321 e. The number of rotatable bonds is 5. The quantitative estimate of drug-likeness (QED) is 0.808. The summed E-state index contributed by atoms with van der Waals surface area (Å²) >= 11 is 0. The standard InChI is InChI=1S/C14H13FN2O/c1-2-11-10-13(5-4-12(11)6-7-15)18-14-16-8-3-9-17-14/h2-5,8-10H,1,6-7H2. The van der Waals surface area contributed by atoms with E-state index < -0.39 is 0 Å². The van der Waals surface area contributed by atoms with E-state index in [1.807, 2.05) is 6.07 Å². The Morgan fingerprint density at radius 2 is 2.06 bits per heavy atom. The summed E-state index contributed by atoms with van der Waals surface area (Å²) in [5.41, 5.74) is 1.77. The first-order valence-corrected chi connectivity index (χ1v) is 5.59. The van der Waals surface area contributed by atoms with Crippen LogP contribution in [0, 0.1) is 0 Å². The second-order valence-electron chi connectivity index (χ2n) is 3.64. The molecule has 0 aliphatic carbocycles. The first-order chi connectivity index (χ1) is 8.83. The molecule has 1 aromatic heterocycles. The molecule has 18 heavy (non-hydrogen) atoms. The van der Waals surface area contributed by atoms with Crippen molar-refractivity contribution in [2.45, 2.75) is 6.42 Å². The fraction of sp³-hybridized carbons (Fsp3) is 0.143. The topological polar surface area (TPSA) is 35.0 Å². The van der Waals surface area contributed by atoms with Crippen molar-refractivity contribution in [2.75, 3.05) is 6.67 Å². The molecular formula is C14H13FN2O. The first kappa shape index (κ1) is 12.2. The molecule has 3 nitrogen and oxygen atoms in total. The van der Waals surface area contributed by atoms with Gasteiger partial charge in [-0.2, -0.15) is 0 Å². The summed E-state index contributed by atoms with van der Waals surface area (Å²) in [6.45, 7) is 3.33. The minimum atomic E-state index is -0.386. The van der Waals surface area contributed by atoms with E-state index in [0.717, 1.165) is 11.1 Å². The van der Waals surface area contributed by atoms with Crippen molar-refractivity contribution >= 4 is 6.08 Å². The number of hydrogen-bond acceptors (Lipinski definition) is 3. The van der Waals surface area contributed by atoms with Gasteiger partial charge in [-0.05, 0) is 29.3 Å². The monoisotopic (exact) mass is 244 g/mol. The Morgan fingerprint density at radius 3 is 2.72 bits per heavy atom. The van der Waals surface area contributed by atoms with E-state index in [1.165, 1.54) is 0 Å². The number of ether oxygens (including phenoxy) is 1. The smallest absolute Gasteiger partial charge is 0.321 e. The third-order valence-electron chi connectivity index (χ3n) is 2.45. The number of hydrogen-bond donors (Lipinski definition) is 0. The molecule has 0 saturated carbocycles. The SMILES string of the molecule is C=Cc1cc(Oc2ncccn2)ccc1CCF. The van der Waals surface area contributed by atoms with E-state index in [1.54, 1.807) is 36.7 Å². The fourth-order valence-electron chi connectivity index (χ4n) is 1.60. The van der Waals surface area contributed by atoms with Crippen molar-refractivity contribution in [3.63, 3.8) is 0 Å². The Morgan fingerprint density at radius 1 is 1.28 bits per heavy atom. The van der Waals surface area contributed by atoms with E-state index in [-0.39, 0.29) is 12.7 Å². The zero-order valence-electron chi connectivity index (χ0n) is 9.84. The maximum absolute atomic E-state index is 12.4. The van der Waals surface area contributed by atoms with Crippen LogP contribution in [0.15, 0.2) is 43.2 Å². The summed E-state index contributed by atoms with van der Waals surface area (Å²) in [7, 11) is 0. The normalized spacial score (nSPS) is 10.1. The molecule has 0 saturated heterocycles. The Hall–Kier alpha value is -2.23. The van der Waals surface area contributed by atoms with Crippen LogP contribution in [0.3, 0.4) is 0 Å². The number of benzene rings is 1. The lowest BCUT2D eigenvalue weighted by Crippen LogP contribution is -1.94. The van der Waals surface area contributed by atoms with Crippen LogP contribution < -0.4 is 4.74 Å². The molecule has 1 aromatic carbocycles. The van der Waals surface area contributed by atoms with Crippen LogP contribution >= 0.6 is 0 Å². The van der Waals surface area contributed by atoms with Crippen LogP contribution in [0.1, 0.15) is 11.1 Å². The van der Waals surface area contributed by atoms with Crippen molar-refractivity contribution in [1.29, 1.82) is 0 Å². The average molecular weight is 244 g/mol. The Labute approximate surface area is 105 Å².